The lowest BCUT2D eigenvalue weighted by Crippen LogP contribution is -2.04. The predicted octanol–water partition coefficient (Wildman–Crippen LogP) is 8.20. The van der Waals surface area contributed by atoms with Crippen molar-refractivity contribution in [3.63, 3.8) is 0 Å². The van der Waals surface area contributed by atoms with Crippen LogP contribution in [0.1, 0.15) is 11.1 Å². The third-order valence-electron chi connectivity index (χ3n) is 7.66. The zero-order valence-electron chi connectivity index (χ0n) is 22.1. The summed E-state index contributed by atoms with van der Waals surface area (Å²) in [5, 5.41) is 20.8. The molecule has 44 heavy (non-hydrogen) atoms. The fraction of sp³-hybridized carbons (Fsp3) is 0.0606. The van der Waals surface area contributed by atoms with Crippen LogP contribution in [-0.2, 0) is 12.4 Å². The van der Waals surface area contributed by atoms with Crippen LogP contribution in [0, 0.1) is 16.9 Å². The summed E-state index contributed by atoms with van der Waals surface area (Å²) < 4.78 is 79.1. The molecule has 0 aliphatic carbocycles. The Kier molecular flexibility index (Phi) is 5.84. The Bertz CT molecular complexity index is 2440. The molecule has 0 amide bonds. The number of aromatic nitrogens is 2. The lowest BCUT2D eigenvalue weighted by molar-refractivity contribution is -0.138. The largest absolute Gasteiger partial charge is 0.416 e. The molecule has 0 unspecified atom stereocenters. The molecule has 0 spiro atoms. The van der Waals surface area contributed by atoms with E-state index < -0.39 is 23.5 Å². The third kappa shape index (κ3) is 4.26. The summed E-state index contributed by atoms with van der Waals surface area (Å²) >= 11 is 0. The van der Waals surface area contributed by atoms with Crippen molar-refractivity contribution in [3.05, 3.63) is 107 Å². The second-order valence-electron chi connectivity index (χ2n) is 10.2. The average molecular weight is 596 g/mol. The highest BCUT2D eigenvalue weighted by molar-refractivity contribution is 6.15. The number of nitrogens with zero attached hydrogens (tertiary/aromatic N) is 4. The summed E-state index contributed by atoms with van der Waals surface area (Å²) in [6.45, 7) is 0. The lowest BCUT2D eigenvalue weighted by Gasteiger charge is -2.09. The van der Waals surface area contributed by atoms with Gasteiger partial charge in [0.05, 0.1) is 27.5 Å². The van der Waals surface area contributed by atoms with Crippen molar-refractivity contribution in [2.45, 2.75) is 12.4 Å². The van der Waals surface area contributed by atoms with Crippen LogP contribution in [0.4, 0.5) is 26.3 Å². The highest BCUT2D eigenvalue weighted by Crippen LogP contribution is 2.35. The molecule has 7 rings (SSSR count). The van der Waals surface area contributed by atoms with Gasteiger partial charge >= 0.3 is 12.4 Å². The van der Waals surface area contributed by atoms with Crippen LogP contribution in [0.15, 0.2) is 89.9 Å². The van der Waals surface area contributed by atoms with Gasteiger partial charge in [0.15, 0.2) is 0 Å². The molecule has 1 heterocycles. The van der Waals surface area contributed by atoms with E-state index >= 15 is 0 Å². The summed E-state index contributed by atoms with van der Waals surface area (Å²) in [5.41, 5.74) is 1.77. The zero-order valence-corrected chi connectivity index (χ0v) is 22.1. The smallest absolute Gasteiger partial charge is 0.298 e. The molecular weight excluding hydrogens is 580 g/mol. The summed E-state index contributed by atoms with van der Waals surface area (Å²) in [7, 11) is 0. The predicted molar refractivity (Wildman–Crippen MR) is 152 cm³/mol. The molecule has 0 saturated carbocycles. The van der Waals surface area contributed by atoms with Gasteiger partial charge in [0.2, 0.25) is 6.19 Å². The quantitative estimate of drug-likeness (QED) is 0.162. The maximum Gasteiger partial charge on any atom is 0.416 e. The Labute approximate surface area is 243 Å². The van der Waals surface area contributed by atoms with E-state index in [9.17, 15) is 31.6 Å². The van der Waals surface area contributed by atoms with Crippen molar-refractivity contribution >= 4 is 43.6 Å². The van der Waals surface area contributed by atoms with Crippen molar-refractivity contribution < 1.29 is 26.3 Å². The Morgan fingerprint density at radius 2 is 1.11 bits per heavy atom. The van der Waals surface area contributed by atoms with E-state index in [0.717, 1.165) is 24.3 Å². The molecule has 6 aromatic carbocycles. The Hall–Kier alpha value is -5.63. The fourth-order valence-electron chi connectivity index (χ4n) is 5.56. The van der Waals surface area contributed by atoms with Gasteiger partial charge in [0.1, 0.15) is 16.4 Å². The molecule has 1 N–H and O–H groups in total. The van der Waals surface area contributed by atoms with Gasteiger partial charge in [0, 0.05) is 21.5 Å². The first-order valence-electron chi connectivity index (χ1n) is 13.1. The first-order chi connectivity index (χ1) is 20.9. The molecule has 214 valence electrons. The number of hydrogen-bond donors (Lipinski definition) is 1. The molecule has 0 bridgehead atoms. The van der Waals surface area contributed by atoms with Crippen LogP contribution in [0.3, 0.4) is 0 Å². The van der Waals surface area contributed by atoms with E-state index in [1.54, 1.807) is 48.7 Å². The number of fused-ring (bicyclic) bond motifs is 6. The molecule has 11 heteroatoms. The van der Waals surface area contributed by atoms with Crippen LogP contribution < -0.4 is 10.7 Å². The second-order valence-corrected chi connectivity index (χ2v) is 10.2. The molecule has 7 aromatic rings. The maximum atomic E-state index is 13.3. The first-order valence-corrected chi connectivity index (χ1v) is 13.1. The van der Waals surface area contributed by atoms with Crippen LogP contribution in [-0.4, -0.2) is 9.97 Å². The van der Waals surface area contributed by atoms with Gasteiger partial charge in [-0.25, -0.2) is 9.97 Å². The Morgan fingerprint density at radius 1 is 0.568 bits per heavy atom. The number of alkyl halides is 6. The fourth-order valence-corrected chi connectivity index (χ4v) is 5.56. The minimum Gasteiger partial charge on any atom is -0.298 e. The molecule has 0 radical (unpaired) electrons. The minimum absolute atomic E-state index is 0.0758. The van der Waals surface area contributed by atoms with E-state index in [2.05, 4.69) is 4.99 Å². The van der Waals surface area contributed by atoms with Gasteiger partial charge in [-0.3, -0.25) is 5.41 Å². The first kappa shape index (κ1) is 27.2. The van der Waals surface area contributed by atoms with Gasteiger partial charge < -0.3 is 0 Å². The van der Waals surface area contributed by atoms with Crippen molar-refractivity contribution in [1.82, 2.24) is 9.97 Å². The number of rotatable bonds is 2. The summed E-state index contributed by atoms with van der Waals surface area (Å²) in [5.74, 6) is 0. The van der Waals surface area contributed by atoms with E-state index in [1.165, 1.54) is 18.2 Å². The van der Waals surface area contributed by atoms with Gasteiger partial charge in [-0.15, -0.1) is 0 Å². The highest BCUT2D eigenvalue weighted by atomic mass is 19.4. The molecule has 0 fully saturated rings. The van der Waals surface area contributed by atoms with Gasteiger partial charge in [0.25, 0.3) is 0 Å². The van der Waals surface area contributed by atoms with Crippen molar-refractivity contribution in [2.24, 2.45) is 4.99 Å². The number of halogens is 6. The maximum absolute atomic E-state index is 13.3. The number of hydrogen-bond acceptors (Lipinski definition) is 5. The van der Waals surface area contributed by atoms with E-state index in [4.69, 9.17) is 15.4 Å². The summed E-state index contributed by atoms with van der Waals surface area (Å²) in [6, 6.07) is 19.8. The normalized spacial score (nSPS) is 13.0. The van der Waals surface area contributed by atoms with Crippen molar-refractivity contribution in [3.8, 4) is 28.4 Å². The number of benzene rings is 4. The molecule has 0 aliphatic heterocycles. The second kappa shape index (κ2) is 9.44. The summed E-state index contributed by atoms with van der Waals surface area (Å²) in [4.78, 5) is 13.5. The monoisotopic (exact) mass is 595 g/mol. The number of nitrogens with one attached hydrogen (secondary N) is 1. The number of nitriles is 1. The molecular formula is C33H15F6N5. The average Bonchev–Trinajstić information content (AvgIpc) is 3.45. The van der Waals surface area contributed by atoms with Gasteiger partial charge in [-0.1, -0.05) is 48.5 Å². The molecule has 0 saturated heterocycles. The molecule has 1 aromatic heterocycles. The SMILES string of the molecule is N#CN=c1c2cc(-c3cccc(C(F)(F)F)c3)ccc2c2nc3c(=N)c4cc(-c5ccc(C(F)(F)F)cc5)ccc4c3nc12. The summed E-state index contributed by atoms with van der Waals surface area (Å²) in [6.07, 6.45) is -7.19. The topological polar surface area (TPSA) is 85.8 Å². The van der Waals surface area contributed by atoms with Crippen molar-refractivity contribution in [1.29, 1.82) is 10.7 Å². The van der Waals surface area contributed by atoms with Crippen LogP contribution in [0.25, 0.3) is 65.9 Å². The van der Waals surface area contributed by atoms with E-state index in [1.807, 2.05) is 0 Å². The standard InChI is InChI=1S/C33H15F6N5/c34-32(35,36)20-8-4-16(5-9-20)18-6-10-22-24(13-18)26(41)30-28(22)44-31-27(42-15-40)25-14-19(7-11-23(25)29(31)43-30)17-2-1-3-21(12-17)33(37,38)39/h1-14,41H. The van der Waals surface area contributed by atoms with E-state index in [0.29, 0.717) is 60.3 Å². The highest BCUT2D eigenvalue weighted by Gasteiger charge is 2.31. The molecule has 0 aliphatic rings. The van der Waals surface area contributed by atoms with Gasteiger partial charge in [-0.2, -0.15) is 36.6 Å². The lowest BCUT2D eigenvalue weighted by atomic mass is 10.0. The van der Waals surface area contributed by atoms with Gasteiger partial charge in [-0.05, 0) is 58.7 Å². The van der Waals surface area contributed by atoms with Crippen molar-refractivity contribution in [2.75, 3.05) is 0 Å². The Balaban J connectivity index is 1.41. The molecule has 5 nitrogen and oxygen atoms in total. The van der Waals surface area contributed by atoms with Crippen LogP contribution in [0.2, 0.25) is 0 Å². The third-order valence-corrected chi connectivity index (χ3v) is 7.66. The molecule has 0 atom stereocenters. The minimum atomic E-state index is -4.51. The van der Waals surface area contributed by atoms with Crippen LogP contribution >= 0.6 is 0 Å². The van der Waals surface area contributed by atoms with E-state index in [-0.39, 0.29) is 16.2 Å². The Morgan fingerprint density at radius 3 is 1.77 bits per heavy atom. The zero-order chi connectivity index (χ0) is 31.0. The van der Waals surface area contributed by atoms with Crippen LogP contribution in [0.5, 0.6) is 0 Å².